The number of hydrogen-bond donors (Lipinski definition) is 2. The Morgan fingerprint density at radius 1 is 1.18 bits per heavy atom. The van der Waals surface area contributed by atoms with Gasteiger partial charge >= 0.3 is 0 Å². The predicted octanol–water partition coefficient (Wildman–Crippen LogP) is 2.77. The average molecular weight is 399 g/mol. The first-order valence-corrected chi connectivity index (χ1v) is 9.27. The number of benzene rings is 1. The van der Waals surface area contributed by atoms with Gasteiger partial charge in [0.15, 0.2) is 0 Å². The Balaban J connectivity index is 1.62. The Hall–Kier alpha value is -2.97. The molecule has 1 aliphatic heterocycles. The van der Waals surface area contributed by atoms with Gasteiger partial charge in [-0.15, -0.1) is 0 Å². The minimum absolute atomic E-state index is 0.266. The number of nitrogens with zero attached hydrogens (tertiary/aromatic N) is 4. The molecule has 0 unspecified atom stereocenters. The number of rotatable bonds is 4. The number of hydrogen-bond acceptors (Lipinski definition) is 7. The van der Waals surface area contributed by atoms with Crippen molar-refractivity contribution in [1.29, 1.82) is 0 Å². The minimum atomic E-state index is -0.266. The molecule has 3 aromatic rings. The maximum atomic E-state index is 12.1. The molecular weight excluding hydrogens is 380 g/mol. The number of aromatic amines is 1. The van der Waals surface area contributed by atoms with Gasteiger partial charge in [-0.25, -0.2) is 15.0 Å². The van der Waals surface area contributed by atoms with Gasteiger partial charge in [0, 0.05) is 41.6 Å². The lowest BCUT2D eigenvalue weighted by Gasteiger charge is -2.27. The molecule has 144 valence electrons. The number of H-pyrrole nitrogens is 1. The van der Waals surface area contributed by atoms with Gasteiger partial charge in [0.1, 0.15) is 0 Å². The zero-order chi connectivity index (χ0) is 19.5. The van der Waals surface area contributed by atoms with Crippen LogP contribution in [0.1, 0.15) is 5.69 Å². The second-order valence-corrected chi connectivity index (χ2v) is 6.82. The van der Waals surface area contributed by atoms with E-state index >= 15 is 0 Å². The summed E-state index contributed by atoms with van der Waals surface area (Å²) in [5.74, 6) is 0.996. The molecule has 9 heteroatoms. The van der Waals surface area contributed by atoms with Gasteiger partial charge in [0.05, 0.1) is 24.6 Å². The van der Waals surface area contributed by atoms with E-state index in [1.54, 1.807) is 30.5 Å². The maximum absolute atomic E-state index is 12.1. The van der Waals surface area contributed by atoms with Crippen LogP contribution in [0.3, 0.4) is 0 Å². The molecule has 4 rings (SSSR count). The first-order valence-electron chi connectivity index (χ1n) is 8.89. The van der Waals surface area contributed by atoms with E-state index in [9.17, 15) is 4.79 Å². The summed E-state index contributed by atoms with van der Waals surface area (Å²) in [6, 6.07) is 8.57. The van der Waals surface area contributed by atoms with Crippen molar-refractivity contribution in [3.05, 3.63) is 57.6 Å². The normalized spacial score (nSPS) is 14.1. The van der Waals surface area contributed by atoms with Crippen LogP contribution in [0.2, 0.25) is 5.02 Å². The zero-order valence-corrected chi connectivity index (χ0v) is 16.0. The Morgan fingerprint density at radius 3 is 2.64 bits per heavy atom. The van der Waals surface area contributed by atoms with Crippen molar-refractivity contribution in [3.8, 4) is 11.3 Å². The summed E-state index contributed by atoms with van der Waals surface area (Å²) in [4.78, 5) is 30.5. The molecule has 0 saturated carbocycles. The molecule has 0 atom stereocenters. The van der Waals surface area contributed by atoms with E-state index in [1.807, 2.05) is 6.92 Å². The number of morpholine rings is 1. The summed E-state index contributed by atoms with van der Waals surface area (Å²) in [5, 5.41) is 3.71. The quantitative estimate of drug-likeness (QED) is 0.697. The molecule has 0 bridgehead atoms. The summed E-state index contributed by atoms with van der Waals surface area (Å²) in [5.41, 5.74) is 2.47. The Morgan fingerprint density at radius 2 is 1.93 bits per heavy atom. The maximum Gasteiger partial charge on any atom is 0.252 e. The van der Waals surface area contributed by atoms with Gasteiger partial charge in [-0.1, -0.05) is 11.6 Å². The van der Waals surface area contributed by atoms with Crippen LogP contribution >= 0.6 is 11.6 Å². The van der Waals surface area contributed by atoms with E-state index in [-0.39, 0.29) is 5.56 Å². The highest BCUT2D eigenvalue weighted by Gasteiger charge is 2.16. The van der Waals surface area contributed by atoms with Gasteiger partial charge in [-0.05, 0) is 31.2 Å². The summed E-state index contributed by atoms with van der Waals surface area (Å²) >= 11 is 5.91. The van der Waals surface area contributed by atoms with Crippen molar-refractivity contribution in [3.63, 3.8) is 0 Å². The Kier molecular flexibility index (Phi) is 5.23. The number of aromatic nitrogens is 4. The number of halogens is 1. The fourth-order valence-electron chi connectivity index (χ4n) is 2.95. The van der Waals surface area contributed by atoms with Gasteiger partial charge in [0.2, 0.25) is 11.9 Å². The van der Waals surface area contributed by atoms with Crippen LogP contribution in [0.25, 0.3) is 11.3 Å². The molecule has 2 aromatic heterocycles. The highest BCUT2D eigenvalue weighted by Crippen LogP contribution is 2.23. The monoisotopic (exact) mass is 398 g/mol. The molecule has 1 aromatic carbocycles. The topological polar surface area (TPSA) is 96.0 Å². The second-order valence-electron chi connectivity index (χ2n) is 6.38. The third-order valence-electron chi connectivity index (χ3n) is 4.39. The molecule has 3 heterocycles. The fraction of sp³-hybridized carbons (Fsp3) is 0.263. The lowest BCUT2D eigenvalue weighted by molar-refractivity contribution is 0.122. The molecule has 8 nitrogen and oxygen atoms in total. The summed E-state index contributed by atoms with van der Waals surface area (Å²) in [6.45, 7) is 4.74. The highest BCUT2D eigenvalue weighted by molar-refractivity contribution is 6.30. The summed E-state index contributed by atoms with van der Waals surface area (Å²) in [7, 11) is 0. The van der Waals surface area contributed by atoms with Crippen molar-refractivity contribution in [2.75, 3.05) is 36.5 Å². The third-order valence-corrected chi connectivity index (χ3v) is 4.64. The number of aryl methyl sites for hydroxylation is 1. The Labute approximate surface area is 166 Å². The average Bonchev–Trinajstić information content (AvgIpc) is 2.70. The molecule has 0 aliphatic carbocycles. The number of ether oxygens (including phenoxy) is 1. The van der Waals surface area contributed by atoms with E-state index < -0.39 is 0 Å². The van der Waals surface area contributed by atoms with Crippen LogP contribution < -0.4 is 15.8 Å². The molecule has 1 aliphatic rings. The number of anilines is 3. The zero-order valence-electron chi connectivity index (χ0n) is 15.3. The molecule has 0 amide bonds. The van der Waals surface area contributed by atoms with Crippen LogP contribution in [0, 0.1) is 6.92 Å². The van der Waals surface area contributed by atoms with Crippen molar-refractivity contribution >= 4 is 29.2 Å². The van der Waals surface area contributed by atoms with E-state index in [1.165, 1.54) is 6.07 Å². The van der Waals surface area contributed by atoms with Crippen molar-refractivity contribution in [1.82, 2.24) is 19.9 Å². The molecular formula is C19H19ClN6O2. The minimum Gasteiger partial charge on any atom is -0.378 e. The Bertz CT molecular complexity index is 1030. The summed E-state index contributed by atoms with van der Waals surface area (Å²) in [6.07, 6.45) is 1.71. The second kappa shape index (κ2) is 7.95. The van der Waals surface area contributed by atoms with E-state index in [2.05, 4.69) is 30.2 Å². The van der Waals surface area contributed by atoms with Crippen LogP contribution in [0.15, 0.2) is 41.3 Å². The van der Waals surface area contributed by atoms with E-state index in [0.717, 1.165) is 24.5 Å². The van der Waals surface area contributed by atoms with Gasteiger partial charge in [-0.2, -0.15) is 0 Å². The first kappa shape index (κ1) is 18.4. The first-order chi connectivity index (χ1) is 13.6. The van der Waals surface area contributed by atoms with Gasteiger partial charge in [-0.3, -0.25) is 9.78 Å². The third kappa shape index (κ3) is 4.13. The fourth-order valence-corrected chi connectivity index (χ4v) is 3.07. The smallest absolute Gasteiger partial charge is 0.252 e. The molecule has 1 saturated heterocycles. The van der Waals surface area contributed by atoms with Crippen LogP contribution in [0.4, 0.5) is 17.6 Å². The lowest BCUT2D eigenvalue weighted by Crippen LogP contribution is -2.37. The van der Waals surface area contributed by atoms with Crippen molar-refractivity contribution in [2.24, 2.45) is 0 Å². The van der Waals surface area contributed by atoms with Crippen molar-refractivity contribution in [2.45, 2.75) is 6.92 Å². The standard InChI is InChI=1S/C19H19ClN6O2/c1-12-15(11-21-19(22-12)26-6-8-28-9-7-26)16-10-17(27)25-18(24-16)23-14-4-2-13(20)3-5-14/h2-5,10-11H,6-9H2,1H3,(H2,23,24,25,27). The molecule has 2 N–H and O–H groups in total. The van der Waals surface area contributed by atoms with E-state index in [0.29, 0.717) is 41.4 Å². The highest BCUT2D eigenvalue weighted by atomic mass is 35.5. The van der Waals surface area contributed by atoms with Gasteiger partial charge in [0.25, 0.3) is 5.56 Å². The van der Waals surface area contributed by atoms with Crippen molar-refractivity contribution < 1.29 is 4.74 Å². The molecule has 0 radical (unpaired) electrons. The van der Waals surface area contributed by atoms with E-state index in [4.69, 9.17) is 16.3 Å². The SMILES string of the molecule is Cc1nc(N2CCOCC2)ncc1-c1cc(=O)[nH]c(Nc2ccc(Cl)cc2)n1. The summed E-state index contributed by atoms with van der Waals surface area (Å²) < 4.78 is 5.37. The van der Waals surface area contributed by atoms with Gasteiger partial charge < -0.3 is 15.0 Å². The largest absolute Gasteiger partial charge is 0.378 e. The molecule has 1 fully saturated rings. The predicted molar refractivity (Wildman–Crippen MR) is 108 cm³/mol. The molecule has 0 spiro atoms. The van der Waals surface area contributed by atoms with Crippen LogP contribution in [-0.2, 0) is 4.74 Å². The van der Waals surface area contributed by atoms with Crippen LogP contribution in [-0.4, -0.2) is 46.2 Å². The molecule has 28 heavy (non-hydrogen) atoms. The number of nitrogens with one attached hydrogen (secondary N) is 2. The lowest BCUT2D eigenvalue weighted by atomic mass is 10.2. The van der Waals surface area contributed by atoms with Crippen LogP contribution in [0.5, 0.6) is 0 Å².